The molecule has 1 fully saturated rings. The summed E-state index contributed by atoms with van der Waals surface area (Å²) >= 11 is 1.71. The predicted molar refractivity (Wildman–Crippen MR) is 70.0 cm³/mol. The van der Waals surface area contributed by atoms with Crippen LogP contribution in [0.2, 0.25) is 0 Å². The lowest BCUT2D eigenvalue weighted by Gasteiger charge is -2.25. The molecular formula is C11H14N4OS. The SMILES string of the molecule is CNc1cc2sc(N3CCOCC3)nc2cn1. The molecule has 0 saturated carbocycles. The van der Waals surface area contributed by atoms with Crippen LogP contribution in [-0.4, -0.2) is 43.3 Å². The van der Waals surface area contributed by atoms with E-state index in [2.05, 4.69) is 20.2 Å². The van der Waals surface area contributed by atoms with E-state index in [1.807, 2.05) is 19.3 Å². The van der Waals surface area contributed by atoms with Crippen LogP contribution in [0.15, 0.2) is 12.3 Å². The maximum atomic E-state index is 5.34. The van der Waals surface area contributed by atoms with Crippen molar-refractivity contribution in [3.63, 3.8) is 0 Å². The number of hydrogen-bond donors (Lipinski definition) is 1. The Balaban J connectivity index is 1.95. The van der Waals surface area contributed by atoms with Crippen molar-refractivity contribution < 1.29 is 4.74 Å². The van der Waals surface area contributed by atoms with E-state index in [1.54, 1.807) is 11.3 Å². The number of hydrogen-bond acceptors (Lipinski definition) is 6. The predicted octanol–water partition coefficient (Wildman–Crippen LogP) is 1.57. The summed E-state index contributed by atoms with van der Waals surface area (Å²) in [5.74, 6) is 0.884. The Hall–Kier alpha value is -1.40. The van der Waals surface area contributed by atoms with Crippen LogP contribution in [0, 0.1) is 0 Å². The summed E-state index contributed by atoms with van der Waals surface area (Å²) in [6.45, 7) is 3.42. The molecule has 0 aromatic carbocycles. The average molecular weight is 250 g/mol. The first-order valence-electron chi connectivity index (χ1n) is 5.64. The fourth-order valence-electron chi connectivity index (χ4n) is 1.85. The van der Waals surface area contributed by atoms with Crippen molar-refractivity contribution in [1.82, 2.24) is 9.97 Å². The van der Waals surface area contributed by atoms with Crippen LogP contribution >= 0.6 is 11.3 Å². The Morgan fingerprint density at radius 1 is 1.41 bits per heavy atom. The van der Waals surface area contributed by atoms with E-state index in [1.165, 1.54) is 4.70 Å². The van der Waals surface area contributed by atoms with E-state index in [0.29, 0.717) is 0 Å². The quantitative estimate of drug-likeness (QED) is 0.876. The monoisotopic (exact) mass is 250 g/mol. The highest BCUT2D eigenvalue weighted by Gasteiger charge is 2.15. The maximum absolute atomic E-state index is 5.34. The molecule has 0 amide bonds. The summed E-state index contributed by atoms with van der Waals surface area (Å²) in [5.41, 5.74) is 0.968. The third-order valence-corrected chi connectivity index (χ3v) is 3.88. The highest BCUT2D eigenvalue weighted by molar-refractivity contribution is 7.22. The second kappa shape index (κ2) is 4.46. The zero-order chi connectivity index (χ0) is 11.7. The molecule has 2 aromatic heterocycles. The van der Waals surface area contributed by atoms with Crippen molar-refractivity contribution in [3.05, 3.63) is 12.3 Å². The minimum Gasteiger partial charge on any atom is -0.378 e. The number of pyridine rings is 1. The van der Waals surface area contributed by atoms with Crippen LogP contribution in [0.5, 0.6) is 0 Å². The fraction of sp³-hybridized carbons (Fsp3) is 0.455. The number of nitrogens with one attached hydrogen (secondary N) is 1. The molecule has 0 aliphatic carbocycles. The molecule has 6 heteroatoms. The molecule has 0 bridgehead atoms. The summed E-state index contributed by atoms with van der Waals surface area (Å²) in [7, 11) is 1.87. The maximum Gasteiger partial charge on any atom is 0.186 e. The van der Waals surface area contributed by atoms with E-state index < -0.39 is 0 Å². The lowest BCUT2D eigenvalue weighted by Crippen LogP contribution is -2.36. The van der Waals surface area contributed by atoms with E-state index in [9.17, 15) is 0 Å². The van der Waals surface area contributed by atoms with Crippen LogP contribution in [0.1, 0.15) is 0 Å². The molecular weight excluding hydrogens is 236 g/mol. The van der Waals surface area contributed by atoms with Gasteiger partial charge in [0.25, 0.3) is 0 Å². The lowest BCUT2D eigenvalue weighted by molar-refractivity contribution is 0.122. The number of rotatable bonds is 2. The second-order valence-electron chi connectivity index (χ2n) is 3.88. The van der Waals surface area contributed by atoms with Gasteiger partial charge in [-0.15, -0.1) is 0 Å². The molecule has 1 N–H and O–H groups in total. The van der Waals surface area contributed by atoms with Gasteiger partial charge in [-0.3, -0.25) is 0 Å². The molecule has 17 heavy (non-hydrogen) atoms. The Kier molecular flexibility index (Phi) is 2.82. The summed E-state index contributed by atoms with van der Waals surface area (Å²) in [5, 5.41) is 4.11. The first-order valence-corrected chi connectivity index (χ1v) is 6.45. The van der Waals surface area contributed by atoms with Crippen molar-refractivity contribution in [2.75, 3.05) is 43.6 Å². The van der Waals surface area contributed by atoms with Crippen LogP contribution in [0.25, 0.3) is 10.2 Å². The third kappa shape index (κ3) is 2.05. The van der Waals surface area contributed by atoms with Crippen molar-refractivity contribution in [2.24, 2.45) is 0 Å². The topological polar surface area (TPSA) is 50.3 Å². The van der Waals surface area contributed by atoms with Crippen molar-refractivity contribution in [3.8, 4) is 0 Å². The molecule has 3 heterocycles. The highest BCUT2D eigenvalue weighted by Crippen LogP contribution is 2.29. The van der Waals surface area contributed by atoms with E-state index in [-0.39, 0.29) is 0 Å². The Bertz CT molecular complexity index is 521. The van der Waals surface area contributed by atoms with E-state index >= 15 is 0 Å². The zero-order valence-corrected chi connectivity index (χ0v) is 10.5. The van der Waals surface area contributed by atoms with E-state index in [0.717, 1.165) is 42.8 Å². The summed E-state index contributed by atoms with van der Waals surface area (Å²) < 4.78 is 6.52. The molecule has 3 rings (SSSR count). The molecule has 5 nitrogen and oxygen atoms in total. The minimum atomic E-state index is 0.788. The van der Waals surface area contributed by atoms with E-state index in [4.69, 9.17) is 4.74 Å². The lowest BCUT2D eigenvalue weighted by atomic mass is 10.4. The number of thiazole rings is 1. The molecule has 0 atom stereocenters. The Labute approximate surface area is 103 Å². The van der Waals surface area contributed by atoms with Crippen LogP contribution < -0.4 is 10.2 Å². The number of nitrogens with zero attached hydrogens (tertiary/aromatic N) is 3. The normalized spacial score (nSPS) is 16.4. The number of morpholine rings is 1. The molecule has 2 aromatic rings. The largest absolute Gasteiger partial charge is 0.378 e. The molecule has 0 unspecified atom stereocenters. The van der Waals surface area contributed by atoms with Gasteiger partial charge in [-0.05, 0) is 6.07 Å². The average Bonchev–Trinajstić information content (AvgIpc) is 2.82. The molecule has 90 valence electrons. The Morgan fingerprint density at radius 2 is 2.24 bits per heavy atom. The van der Waals surface area contributed by atoms with Gasteiger partial charge in [0.1, 0.15) is 11.3 Å². The first kappa shape index (κ1) is 10.7. The summed E-state index contributed by atoms with van der Waals surface area (Å²) in [6.07, 6.45) is 1.82. The molecule has 1 aliphatic rings. The molecule has 0 radical (unpaired) electrons. The van der Waals surface area contributed by atoms with Gasteiger partial charge in [0, 0.05) is 20.1 Å². The van der Waals surface area contributed by atoms with Crippen LogP contribution in [0.4, 0.5) is 10.9 Å². The van der Waals surface area contributed by atoms with Gasteiger partial charge < -0.3 is 15.0 Å². The Morgan fingerprint density at radius 3 is 3.00 bits per heavy atom. The van der Waals surface area contributed by atoms with Crippen molar-refractivity contribution in [1.29, 1.82) is 0 Å². The molecule has 1 saturated heterocycles. The van der Waals surface area contributed by atoms with Gasteiger partial charge in [0.15, 0.2) is 5.13 Å². The van der Waals surface area contributed by atoms with Gasteiger partial charge in [-0.25, -0.2) is 9.97 Å². The van der Waals surface area contributed by atoms with Crippen LogP contribution in [-0.2, 0) is 4.74 Å². The van der Waals surface area contributed by atoms with Gasteiger partial charge in [0.2, 0.25) is 0 Å². The smallest absolute Gasteiger partial charge is 0.186 e. The number of aromatic nitrogens is 2. The minimum absolute atomic E-state index is 0.788. The number of fused-ring (bicyclic) bond motifs is 1. The molecule has 0 spiro atoms. The van der Waals surface area contributed by atoms with Gasteiger partial charge >= 0.3 is 0 Å². The molecule has 1 aliphatic heterocycles. The fourth-order valence-corrected chi connectivity index (χ4v) is 2.87. The van der Waals surface area contributed by atoms with Gasteiger partial charge in [-0.1, -0.05) is 11.3 Å². The standard InChI is InChI=1S/C11H14N4OS/c1-12-10-6-9-8(7-13-10)14-11(17-9)15-2-4-16-5-3-15/h6-7H,2-5H2,1H3,(H,12,13). The van der Waals surface area contributed by atoms with Gasteiger partial charge in [0.05, 0.1) is 24.1 Å². The number of anilines is 2. The van der Waals surface area contributed by atoms with Gasteiger partial charge in [-0.2, -0.15) is 0 Å². The van der Waals surface area contributed by atoms with Crippen molar-refractivity contribution >= 4 is 32.5 Å². The van der Waals surface area contributed by atoms with Crippen molar-refractivity contribution in [2.45, 2.75) is 0 Å². The highest BCUT2D eigenvalue weighted by atomic mass is 32.1. The van der Waals surface area contributed by atoms with Crippen LogP contribution in [0.3, 0.4) is 0 Å². The third-order valence-electron chi connectivity index (χ3n) is 2.80. The number of ether oxygens (including phenoxy) is 1. The second-order valence-corrected chi connectivity index (χ2v) is 4.89. The summed E-state index contributed by atoms with van der Waals surface area (Å²) in [6, 6.07) is 2.04. The summed E-state index contributed by atoms with van der Waals surface area (Å²) in [4.78, 5) is 11.2. The zero-order valence-electron chi connectivity index (χ0n) is 9.64. The first-order chi connectivity index (χ1) is 8.36.